The molecule has 0 aliphatic carbocycles. The first-order valence-corrected chi connectivity index (χ1v) is 4.33. The summed E-state index contributed by atoms with van der Waals surface area (Å²) in [6.07, 6.45) is 0. The Morgan fingerprint density at radius 3 is 3.00 bits per heavy atom. The van der Waals surface area contributed by atoms with Gasteiger partial charge in [-0.15, -0.1) is 0 Å². The Balaban J connectivity index is 2.18. The molecule has 0 aromatic heterocycles. The molecule has 54 valence electrons. The van der Waals surface area contributed by atoms with Crippen molar-refractivity contribution >= 4 is 11.8 Å². The third-order valence-corrected chi connectivity index (χ3v) is 2.83. The van der Waals surface area contributed by atoms with Crippen LogP contribution in [-0.4, -0.2) is 35.3 Å². The van der Waals surface area contributed by atoms with Crippen molar-refractivity contribution in [3.63, 3.8) is 0 Å². The number of hydrogen-bond donors (Lipinski definition) is 2. The molecular formula is C6H13NOS. The molecule has 1 saturated heterocycles. The normalized spacial score (nSPS) is 36.7. The highest BCUT2D eigenvalue weighted by Crippen LogP contribution is 2.15. The predicted octanol–water partition coefficient (Wildman–Crippen LogP) is 0.0722. The topological polar surface area (TPSA) is 32.3 Å². The summed E-state index contributed by atoms with van der Waals surface area (Å²) in [7, 11) is 0. The summed E-state index contributed by atoms with van der Waals surface area (Å²) in [5.41, 5.74) is 0. The van der Waals surface area contributed by atoms with E-state index in [2.05, 4.69) is 12.2 Å². The number of aliphatic hydroxyl groups is 1. The van der Waals surface area contributed by atoms with E-state index in [1.54, 1.807) is 0 Å². The first kappa shape index (κ1) is 7.38. The lowest BCUT2D eigenvalue weighted by Gasteiger charge is -2.25. The summed E-state index contributed by atoms with van der Waals surface area (Å²) in [6.45, 7) is 3.51. The molecule has 0 spiro atoms. The maximum absolute atomic E-state index is 8.70. The second-order valence-corrected chi connectivity index (χ2v) is 3.90. The minimum Gasteiger partial charge on any atom is -0.395 e. The van der Waals surface area contributed by atoms with Gasteiger partial charge < -0.3 is 10.4 Å². The number of hydrogen-bond acceptors (Lipinski definition) is 3. The van der Waals surface area contributed by atoms with Gasteiger partial charge in [-0.2, -0.15) is 11.8 Å². The van der Waals surface area contributed by atoms with Gasteiger partial charge in [0.2, 0.25) is 0 Å². The summed E-state index contributed by atoms with van der Waals surface area (Å²) >= 11 is 1.93. The van der Waals surface area contributed by atoms with Crippen molar-refractivity contribution in [3.05, 3.63) is 0 Å². The summed E-state index contributed by atoms with van der Waals surface area (Å²) in [6, 6.07) is 0.339. The summed E-state index contributed by atoms with van der Waals surface area (Å²) in [4.78, 5) is 0. The maximum atomic E-state index is 8.70. The van der Waals surface area contributed by atoms with Crippen LogP contribution in [0.15, 0.2) is 0 Å². The lowest BCUT2D eigenvalue weighted by Crippen LogP contribution is -2.42. The van der Waals surface area contributed by atoms with Gasteiger partial charge in [-0.1, -0.05) is 6.92 Å². The molecule has 1 aliphatic rings. The van der Waals surface area contributed by atoms with Gasteiger partial charge in [-0.25, -0.2) is 0 Å². The quantitative estimate of drug-likeness (QED) is 0.550. The molecule has 2 nitrogen and oxygen atoms in total. The molecule has 1 fully saturated rings. The van der Waals surface area contributed by atoms with Crippen molar-refractivity contribution in [1.82, 2.24) is 5.32 Å². The molecule has 2 atom stereocenters. The van der Waals surface area contributed by atoms with Gasteiger partial charge >= 0.3 is 0 Å². The van der Waals surface area contributed by atoms with E-state index in [1.165, 1.54) is 0 Å². The van der Waals surface area contributed by atoms with E-state index in [-0.39, 0.29) is 6.61 Å². The van der Waals surface area contributed by atoms with Crippen LogP contribution in [0.25, 0.3) is 0 Å². The highest BCUT2D eigenvalue weighted by molar-refractivity contribution is 8.00. The van der Waals surface area contributed by atoms with Gasteiger partial charge in [0, 0.05) is 23.6 Å². The van der Waals surface area contributed by atoms with Crippen LogP contribution in [0, 0.1) is 0 Å². The molecular weight excluding hydrogens is 134 g/mol. The van der Waals surface area contributed by atoms with Crippen LogP contribution >= 0.6 is 11.8 Å². The van der Waals surface area contributed by atoms with Crippen LogP contribution in [0.1, 0.15) is 6.92 Å². The van der Waals surface area contributed by atoms with Gasteiger partial charge in [0.05, 0.1) is 6.61 Å². The van der Waals surface area contributed by atoms with Crippen LogP contribution in [0.2, 0.25) is 0 Å². The van der Waals surface area contributed by atoms with Crippen LogP contribution < -0.4 is 5.32 Å². The Hall–Kier alpha value is 0.270. The second-order valence-electron chi connectivity index (χ2n) is 2.43. The molecule has 0 aromatic rings. The van der Waals surface area contributed by atoms with Gasteiger partial charge in [0.1, 0.15) is 0 Å². The molecule has 0 aromatic carbocycles. The highest BCUT2D eigenvalue weighted by Gasteiger charge is 2.15. The third kappa shape index (κ3) is 2.16. The Kier molecular flexibility index (Phi) is 2.82. The fraction of sp³-hybridized carbons (Fsp3) is 1.00. The monoisotopic (exact) mass is 147 g/mol. The van der Waals surface area contributed by atoms with E-state index in [0.717, 1.165) is 12.3 Å². The maximum Gasteiger partial charge on any atom is 0.0592 e. The van der Waals surface area contributed by atoms with E-state index in [9.17, 15) is 0 Å². The van der Waals surface area contributed by atoms with Gasteiger partial charge in [-0.05, 0) is 0 Å². The third-order valence-electron chi connectivity index (χ3n) is 1.50. The Morgan fingerprint density at radius 2 is 2.56 bits per heavy atom. The largest absolute Gasteiger partial charge is 0.395 e. The number of nitrogens with one attached hydrogen (secondary N) is 1. The van der Waals surface area contributed by atoms with E-state index in [4.69, 9.17) is 5.11 Å². The fourth-order valence-corrected chi connectivity index (χ4v) is 1.85. The molecule has 1 rings (SSSR count). The molecule has 2 unspecified atom stereocenters. The Labute approximate surface area is 60.0 Å². The Bertz CT molecular complexity index is 81.1. The van der Waals surface area contributed by atoms with Crippen LogP contribution in [0.5, 0.6) is 0 Å². The van der Waals surface area contributed by atoms with Crippen LogP contribution in [0.4, 0.5) is 0 Å². The SMILES string of the molecule is CC1CNC(CO)CS1. The predicted molar refractivity (Wildman–Crippen MR) is 40.8 cm³/mol. The van der Waals surface area contributed by atoms with E-state index >= 15 is 0 Å². The number of thioether (sulfide) groups is 1. The highest BCUT2D eigenvalue weighted by atomic mass is 32.2. The molecule has 3 heteroatoms. The van der Waals surface area contributed by atoms with Crippen molar-refractivity contribution in [2.75, 3.05) is 18.9 Å². The van der Waals surface area contributed by atoms with Crippen molar-refractivity contribution in [1.29, 1.82) is 0 Å². The summed E-state index contributed by atoms with van der Waals surface area (Å²) < 4.78 is 0. The van der Waals surface area contributed by atoms with E-state index in [0.29, 0.717) is 11.3 Å². The summed E-state index contributed by atoms with van der Waals surface area (Å²) in [5, 5.41) is 12.7. The van der Waals surface area contributed by atoms with Crippen molar-refractivity contribution in [2.45, 2.75) is 18.2 Å². The zero-order valence-corrected chi connectivity index (χ0v) is 6.45. The number of aliphatic hydroxyl groups excluding tert-OH is 1. The average Bonchev–Trinajstić information content (AvgIpc) is 1.90. The molecule has 0 saturated carbocycles. The number of rotatable bonds is 1. The molecule has 2 N–H and O–H groups in total. The minimum atomic E-state index is 0.278. The molecule has 1 aliphatic heterocycles. The smallest absolute Gasteiger partial charge is 0.0592 e. The van der Waals surface area contributed by atoms with Crippen LogP contribution in [0.3, 0.4) is 0 Å². The second kappa shape index (κ2) is 3.44. The lowest BCUT2D eigenvalue weighted by atomic mass is 10.3. The van der Waals surface area contributed by atoms with Gasteiger partial charge in [-0.3, -0.25) is 0 Å². The molecule has 0 radical (unpaired) electrons. The average molecular weight is 147 g/mol. The molecule has 9 heavy (non-hydrogen) atoms. The zero-order valence-electron chi connectivity index (χ0n) is 5.63. The van der Waals surface area contributed by atoms with Crippen LogP contribution in [-0.2, 0) is 0 Å². The summed E-state index contributed by atoms with van der Waals surface area (Å²) in [5.74, 6) is 1.05. The van der Waals surface area contributed by atoms with E-state index in [1.807, 2.05) is 11.8 Å². The molecule has 1 heterocycles. The van der Waals surface area contributed by atoms with Gasteiger partial charge in [0.25, 0.3) is 0 Å². The molecule has 0 bridgehead atoms. The molecule has 0 amide bonds. The fourth-order valence-electron chi connectivity index (χ4n) is 0.848. The lowest BCUT2D eigenvalue weighted by molar-refractivity contribution is 0.252. The van der Waals surface area contributed by atoms with Crippen molar-refractivity contribution in [3.8, 4) is 0 Å². The van der Waals surface area contributed by atoms with Gasteiger partial charge in [0.15, 0.2) is 0 Å². The standard InChI is InChI=1S/C6H13NOS/c1-5-2-7-6(3-8)4-9-5/h5-8H,2-4H2,1H3. The first-order valence-electron chi connectivity index (χ1n) is 3.28. The Morgan fingerprint density at radius 1 is 1.78 bits per heavy atom. The zero-order chi connectivity index (χ0) is 6.69. The van der Waals surface area contributed by atoms with E-state index < -0.39 is 0 Å². The first-order chi connectivity index (χ1) is 4.33. The minimum absolute atomic E-state index is 0.278. The van der Waals surface area contributed by atoms with Crippen molar-refractivity contribution < 1.29 is 5.11 Å². The van der Waals surface area contributed by atoms with Crippen molar-refractivity contribution in [2.24, 2.45) is 0 Å².